The minimum absolute atomic E-state index is 0.121. The summed E-state index contributed by atoms with van der Waals surface area (Å²) in [6.45, 7) is 14.2. The van der Waals surface area contributed by atoms with Gasteiger partial charge in [0.1, 0.15) is 29.7 Å². The van der Waals surface area contributed by atoms with E-state index in [0.717, 1.165) is 41.5 Å². The molecule has 2 saturated carbocycles. The number of allylic oxidation sites excluding steroid dienone is 1. The van der Waals surface area contributed by atoms with Crippen molar-refractivity contribution in [2.45, 2.75) is 57.1 Å². The summed E-state index contributed by atoms with van der Waals surface area (Å²) in [5.41, 5.74) is 3.40. The lowest BCUT2D eigenvalue weighted by molar-refractivity contribution is -0.150. The molecular weight excluding hydrogens is 594 g/mol. The lowest BCUT2D eigenvalue weighted by Crippen LogP contribution is -2.50. The zero-order valence-electron chi connectivity index (χ0n) is 27.4. The van der Waals surface area contributed by atoms with Crippen molar-refractivity contribution in [2.75, 3.05) is 26.8 Å². The zero-order valence-corrected chi connectivity index (χ0v) is 27.4. The molecule has 0 aromatic heterocycles. The zero-order chi connectivity index (χ0) is 33.6. The van der Waals surface area contributed by atoms with E-state index in [4.69, 9.17) is 14.3 Å². The predicted molar refractivity (Wildman–Crippen MR) is 182 cm³/mol. The van der Waals surface area contributed by atoms with E-state index in [0.29, 0.717) is 37.5 Å². The molecule has 3 aliphatic carbocycles. The number of fused-ring (bicyclic) bond motifs is 3. The van der Waals surface area contributed by atoms with Gasteiger partial charge in [-0.3, -0.25) is 9.59 Å². The molecule has 2 aromatic carbocycles. The maximum Gasteiger partial charge on any atom is 0.332 e. The molecule has 5 atom stereocenters. The van der Waals surface area contributed by atoms with Crippen LogP contribution >= 0.6 is 0 Å². The van der Waals surface area contributed by atoms with Gasteiger partial charge in [0.05, 0.1) is 18.4 Å². The Morgan fingerprint density at radius 2 is 1.74 bits per heavy atom. The molecule has 3 aliphatic rings. The fourth-order valence-corrected chi connectivity index (χ4v) is 6.74. The van der Waals surface area contributed by atoms with Crippen LogP contribution in [-0.4, -0.2) is 66.8 Å². The van der Waals surface area contributed by atoms with Crippen LogP contribution in [0.3, 0.4) is 0 Å². The van der Waals surface area contributed by atoms with E-state index in [1.54, 1.807) is 31.0 Å². The maximum absolute atomic E-state index is 13.9. The van der Waals surface area contributed by atoms with E-state index in [2.05, 4.69) is 30.2 Å². The van der Waals surface area contributed by atoms with Gasteiger partial charge in [0.25, 0.3) is 0 Å². The molecule has 2 fully saturated rings. The van der Waals surface area contributed by atoms with Gasteiger partial charge in [0.2, 0.25) is 11.8 Å². The number of carbonyl (C=O) groups is 3. The number of hydrogen-bond acceptors (Lipinski definition) is 7. The van der Waals surface area contributed by atoms with Crippen molar-refractivity contribution < 1.29 is 28.7 Å². The fourth-order valence-electron chi connectivity index (χ4n) is 6.74. The predicted octanol–water partition coefficient (Wildman–Crippen LogP) is 5.83. The molecule has 47 heavy (non-hydrogen) atoms. The largest absolute Gasteiger partial charge is 0.490 e. The topological polar surface area (TPSA) is 107 Å². The number of carbonyl (C=O) groups excluding carboxylic acids is 3. The first-order valence-corrected chi connectivity index (χ1v) is 16.5. The number of hydrogen-bond donors (Lipinski definition) is 1. The second-order valence-electron chi connectivity index (χ2n) is 12.5. The molecule has 9 nitrogen and oxygen atoms in total. The van der Waals surface area contributed by atoms with E-state index in [9.17, 15) is 14.4 Å². The summed E-state index contributed by atoms with van der Waals surface area (Å²) >= 11 is 0. The van der Waals surface area contributed by atoms with E-state index < -0.39 is 29.4 Å². The van der Waals surface area contributed by atoms with Crippen LogP contribution in [0, 0.1) is 17.8 Å². The quantitative estimate of drug-likeness (QED) is 0.0915. The van der Waals surface area contributed by atoms with Crippen LogP contribution in [0.2, 0.25) is 0 Å². The molecule has 0 bridgehead atoms. The average Bonchev–Trinajstić information content (AvgIpc) is 3.48. The number of rotatable bonds is 16. The molecule has 0 unspecified atom stereocenters. The number of esters is 1. The first-order valence-electron chi connectivity index (χ1n) is 16.5. The first kappa shape index (κ1) is 33.7. The second-order valence-corrected chi connectivity index (χ2v) is 12.5. The van der Waals surface area contributed by atoms with Gasteiger partial charge in [0, 0.05) is 30.6 Å². The third-order valence-corrected chi connectivity index (χ3v) is 9.37. The highest BCUT2D eigenvalue weighted by atomic mass is 16.6. The summed E-state index contributed by atoms with van der Waals surface area (Å²) in [7, 11) is 1.77. The van der Waals surface area contributed by atoms with Gasteiger partial charge in [-0.05, 0) is 74.8 Å². The molecule has 2 amide bonds. The standard InChI is InChI=1S/C38H45N3O6/c1-6-10-11-14-19-41(5)36(43)33-23-27(22-32(33)35(42)39-38(24-25(38)8-3)37(44)45-9-4)47-40-34-30-16-13-12-15-28(30)29-18-17-26(21-31(29)34)46-20-7-2/h6-8,12-13,15-18,21,25,27,32-33H,1-3,9-11,14,19-20,22-24H2,4-5H3,(H,39,42)/b40-34-/t25-,27-,32-,33-,38-/m1/s1. The van der Waals surface area contributed by atoms with Gasteiger partial charge in [-0.2, -0.15) is 0 Å². The molecular formula is C38H45N3O6. The number of amides is 2. The van der Waals surface area contributed by atoms with Crippen molar-refractivity contribution in [3.8, 4) is 16.9 Å². The summed E-state index contributed by atoms with van der Waals surface area (Å²) < 4.78 is 11.1. The van der Waals surface area contributed by atoms with Crippen molar-refractivity contribution in [1.29, 1.82) is 0 Å². The minimum atomic E-state index is -1.15. The Morgan fingerprint density at radius 1 is 1.00 bits per heavy atom. The van der Waals surface area contributed by atoms with Crippen LogP contribution in [0.15, 0.2) is 85.6 Å². The molecule has 2 aromatic rings. The fraction of sp³-hybridized carbons (Fsp3) is 0.421. The molecule has 1 N–H and O–H groups in total. The van der Waals surface area contributed by atoms with E-state index >= 15 is 0 Å². The van der Waals surface area contributed by atoms with Crippen LogP contribution in [0.5, 0.6) is 5.75 Å². The number of ether oxygens (including phenoxy) is 2. The molecule has 9 heteroatoms. The van der Waals surface area contributed by atoms with Crippen LogP contribution < -0.4 is 10.1 Å². The van der Waals surface area contributed by atoms with Gasteiger partial charge in [0.15, 0.2) is 0 Å². The first-order chi connectivity index (χ1) is 22.8. The third kappa shape index (κ3) is 7.04. The Kier molecular flexibility index (Phi) is 10.6. The minimum Gasteiger partial charge on any atom is -0.490 e. The maximum atomic E-state index is 13.9. The van der Waals surface area contributed by atoms with Gasteiger partial charge in [-0.25, -0.2) is 4.79 Å². The van der Waals surface area contributed by atoms with E-state index in [-0.39, 0.29) is 30.8 Å². The SMILES string of the molecule is C=CCCCCN(C)C(=O)[C@@H]1C[C@H](O/N=C2/c3ccccc3-c3ccc(OCC=C)cc32)C[C@H]1C(=O)N[C@]1(C(=O)OCC)C[C@H]1C=C. The Bertz CT molecular complexity index is 1570. The molecule has 0 heterocycles. The van der Waals surface area contributed by atoms with Crippen LogP contribution in [-0.2, 0) is 24.0 Å². The highest BCUT2D eigenvalue weighted by Crippen LogP contribution is 2.47. The monoisotopic (exact) mass is 639 g/mol. The second kappa shape index (κ2) is 14.8. The number of benzene rings is 2. The van der Waals surface area contributed by atoms with Crippen LogP contribution in [0.1, 0.15) is 56.6 Å². The average molecular weight is 640 g/mol. The van der Waals surface area contributed by atoms with Gasteiger partial charge in [-0.15, -0.1) is 13.2 Å². The number of nitrogens with zero attached hydrogens (tertiary/aromatic N) is 2. The van der Waals surface area contributed by atoms with E-state index in [1.165, 1.54) is 0 Å². The Balaban J connectivity index is 1.39. The molecule has 5 rings (SSSR count). The Labute approximate surface area is 277 Å². The molecule has 0 saturated heterocycles. The van der Waals surface area contributed by atoms with Crippen LogP contribution in [0.25, 0.3) is 11.1 Å². The van der Waals surface area contributed by atoms with E-state index in [1.807, 2.05) is 48.5 Å². The molecule has 0 spiro atoms. The molecule has 0 aliphatic heterocycles. The number of unbranched alkanes of at least 4 members (excludes halogenated alkanes) is 2. The van der Waals surface area contributed by atoms with Gasteiger partial charge >= 0.3 is 5.97 Å². The smallest absolute Gasteiger partial charge is 0.332 e. The van der Waals surface area contributed by atoms with Crippen molar-refractivity contribution in [2.24, 2.45) is 22.9 Å². The summed E-state index contributed by atoms with van der Waals surface area (Å²) in [5, 5.41) is 7.63. The highest BCUT2D eigenvalue weighted by Gasteiger charge is 2.62. The number of oxime groups is 1. The van der Waals surface area contributed by atoms with Crippen molar-refractivity contribution >= 4 is 23.5 Å². The summed E-state index contributed by atoms with van der Waals surface area (Å²) in [4.78, 5) is 48.6. The summed E-state index contributed by atoms with van der Waals surface area (Å²) in [5.74, 6) is -1.83. The number of nitrogens with one attached hydrogen (secondary N) is 1. The highest BCUT2D eigenvalue weighted by molar-refractivity contribution is 6.24. The van der Waals surface area contributed by atoms with Crippen molar-refractivity contribution in [3.05, 3.63) is 91.6 Å². The normalized spacial score (nSPS) is 24.4. The third-order valence-electron chi connectivity index (χ3n) is 9.37. The van der Waals surface area contributed by atoms with Crippen molar-refractivity contribution in [3.63, 3.8) is 0 Å². The lowest BCUT2D eigenvalue weighted by atomic mass is 9.93. The van der Waals surface area contributed by atoms with Crippen LogP contribution in [0.4, 0.5) is 0 Å². The van der Waals surface area contributed by atoms with Crippen molar-refractivity contribution in [1.82, 2.24) is 10.2 Å². The lowest BCUT2D eigenvalue weighted by Gasteiger charge is -2.26. The summed E-state index contributed by atoms with van der Waals surface area (Å²) in [6, 6.07) is 13.9. The van der Waals surface area contributed by atoms with Gasteiger partial charge in [-0.1, -0.05) is 54.2 Å². The summed E-state index contributed by atoms with van der Waals surface area (Å²) in [6.07, 6.45) is 8.37. The Morgan fingerprint density at radius 3 is 2.45 bits per heavy atom. The van der Waals surface area contributed by atoms with Gasteiger partial charge < -0.3 is 24.5 Å². The Hall–Kier alpha value is -4.66. The molecule has 248 valence electrons. The molecule has 0 radical (unpaired) electrons.